The van der Waals surface area contributed by atoms with E-state index in [9.17, 15) is 8.42 Å². The van der Waals surface area contributed by atoms with E-state index in [4.69, 9.17) is 4.74 Å². The standard InChI is InChI=1S/C16H19N3O3S/c1-12-3-4-15(13(2)9-12)23(20,21)19-8-5-14(11-19)22-16-10-17-6-7-18-16/h3-4,6-7,9-10,14H,5,8,11H2,1-2H3. The lowest BCUT2D eigenvalue weighted by atomic mass is 10.2. The fraction of sp³-hybridized carbons (Fsp3) is 0.375. The molecule has 23 heavy (non-hydrogen) atoms. The molecule has 2 aromatic rings. The second-order valence-corrected chi connectivity index (χ2v) is 7.61. The molecule has 122 valence electrons. The predicted molar refractivity (Wildman–Crippen MR) is 85.7 cm³/mol. The van der Waals surface area contributed by atoms with Gasteiger partial charge in [-0.15, -0.1) is 0 Å². The molecular formula is C16H19N3O3S. The van der Waals surface area contributed by atoms with E-state index >= 15 is 0 Å². The summed E-state index contributed by atoms with van der Waals surface area (Å²) in [7, 11) is -3.49. The highest BCUT2D eigenvalue weighted by Crippen LogP contribution is 2.25. The fourth-order valence-electron chi connectivity index (χ4n) is 2.76. The minimum Gasteiger partial charge on any atom is -0.472 e. The average molecular weight is 333 g/mol. The van der Waals surface area contributed by atoms with E-state index in [1.165, 1.54) is 10.5 Å². The number of rotatable bonds is 4. The average Bonchev–Trinajstić information content (AvgIpc) is 2.97. The molecule has 1 aromatic heterocycles. The van der Waals surface area contributed by atoms with Crippen molar-refractivity contribution in [1.82, 2.24) is 14.3 Å². The molecule has 0 spiro atoms. The van der Waals surface area contributed by atoms with Crippen molar-refractivity contribution in [3.63, 3.8) is 0 Å². The maximum atomic E-state index is 12.8. The number of benzene rings is 1. The van der Waals surface area contributed by atoms with Crippen LogP contribution >= 0.6 is 0 Å². The summed E-state index contributed by atoms with van der Waals surface area (Å²) in [4.78, 5) is 8.37. The van der Waals surface area contributed by atoms with Gasteiger partial charge in [-0.05, 0) is 31.9 Å². The summed E-state index contributed by atoms with van der Waals surface area (Å²) in [6, 6.07) is 5.39. The van der Waals surface area contributed by atoms with Crippen molar-refractivity contribution in [3.05, 3.63) is 47.9 Å². The van der Waals surface area contributed by atoms with Crippen LogP contribution in [0.5, 0.6) is 5.88 Å². The van der Waals surface area contributed by atoms with Crippen LogP contribution in [0.2, 0.25) is 0 Å². The Morgan fingerprint density at radius 3 is 2.78 bits per heavy atom. The van der Waals surface area contributed by atoms with Crippen LogP contribution in [0.3, 0.4) is 0 Å². The quantitative estimate of drug-likeness (QED) is 0.855. The zero-order valence-corrected chi connectivity index (χ0v) is 14.0. The van der Waals surface area contributed by atoms with Gasteiger partial charge in [0.25, 0.3) is 0 Å². The number of aryl methyl sites for hydroxylation is 2. The van der Waals surface area contributed by atoms with Crippen LogP contribution in [0.15, 0.2) is 41.7 Å². The highest BCUT2D eigenvalue weighted by molar-refractivity contribution is 7.89. The summed E-state index contributed by atoms with van der Waals surface area (Å²) < 4.78 is 32.8. The SMILES string of the molecule is Cc1ccc(S(=O)(=O)N2CCC(Oc3cnccn3)C2)c(C)c1. The van der Waals surface area contributed by atoms with Crippen LogP contribution < -0.4 is 4.74 Å². The van der Waals surface area contributed by atoms with Gasteiger partial charge >= 0.3 is 0 Å². The normalized spacial score (nSPS) is 19.0. The number of hydrogen-bond acceptors (Lipinski definition) is 5. The van der Waals surface area contributed by atoms with Crippen molar-refractivity contribution in [2.45, 2.75) is 31.3 Å². The van der Waals surface area contributed by atoms with Crippen LogP contribution in [0.25, 0.3) is 0 Å². The molecule has 1 atom stereocenters. The van der Waals surface area contributed by atoms with Crippen molar-refractivity contribution in [2.24, 2.45) is 0 Å². The van der Waals surface area contributed by atoms with E-state index in [1.54, 1.807) is 18.5 Å². The zero-order valence-electron chi connectivity index (χ0n) is 13.1. The predicted octanol–water partition coefficient (Wildman–Crippen LogP) is 1.94. The van der Waals surface area contributed by atoms with Gasteiger partial charge in [0, 0.05) is 18.9 Å². The summed E-state index contributed by atoms with van der Waals surface area (Å²) >= 11 is 0. The molecule has 1 saturated heterocycles. The molecular weight excluding hydrogens is 314 g/mol. The molecule has 0 saturated carbocycles. The highest BCUT2D eigenvalue weighted by Gasteiger charge is 2.34. The first-order valence-electron chi connectivity index (χ1n) is 7.47. The molecule has 1 aromatic carbocycles. The van der Waals surface area contributed by atoms with E-state index < -0.39 is 10.0 Å². The summed E-state index contributed by atoms with van der Waals surface area (Å²) in [6.45, 7) is 4.54. The molecule has 1 aliphatic rings. The second kappa shape index (κ2) is 6.25. The monoisotopic (exact) mass is 333 g/mol. The Labute approximate surface area is 136 Å². The third-order valence-electron chi connectivity index (χ3n) is 3.88. The molecule has 7 heteroatoms. The van der Waals surface area contributed by atoms with Crippen LogP contribution in [-0.2, 0) is 10.0 Å². The van der Waals surface area contributed by atoms with Crippen LogP contribution in [-0.4, -0.2) is 41.9 Å². The third kappa shape index (κ3) is 3.35. The number of sulfonamides is 1. The Balaban J connectivity index is 1.75. The van der Waals surface area contributed by atoms with Gasteiger partial charge in [-0.1, -0.05) is 17.7 Å². The van der Waals surface area contributed by atoms with E-state index in [0.717, 1.165) is 11.1 Å². The lowest BCUT2D eigenvalue weighted by molar-refractivity contribution is 0.206. The van der Waals surface area contributed by atoms with Crippen molar-refractivity contribution in [2.75, 3.05) is 13.1 Å². The van der Waals surface area contributed by atoms with Crippen molar-refractivity contribution in [1.29, 1.82) is 0 Å². The Hall–Kier alpha value is -1.99. The number of aromatic nitrogens is 2. The third-order valence-corrected chi connectivity index (χ3v) is 5.91. The summed E-state index contributed by atoms with van der Waals surface area (Å²) in [5.41, 5.74) is 1.81. The van der Waals surface area contributed by atoms with Gasteiger partial charge in [0.2, 0.25) is 15.9 Å². The second-order valence-electron chi connectivity index (χ2n) is 5.70. The van der Waals surface area contributed by atoms with Gasteiger partial charge in [0.1, 0.15) is 6.10 Å². The van der Waals surface area contributed by atoms with Gasteiger partial charge in [-0.25, -0.2) is 13.4 Å². The first-order valence-corrected chi connectivity index (χ1v) is 8.91. The molecule has 1 aliphatic heterocycles. The summed E-state index contributed by atoms with van der Waals surface area (Å²) in [5, 5.41) is 0. The summed E-state index contributed by atoms with van der Waals surface area (Å²) in [5.74, 6) is 0.420. The molecule has 3 rings (SSSR count). The van der Waals surface area contributed by atoms with Crippen LogP contribution in [0, 0.1) is 13.8 Å². The molecule has 0 amide bonds. The van der Waals surface area contributed by atoms with Gasteiger partial charge in [0.15, 0.2) is 0 Å². The lowest BCUT2D eigenvalue weighted by Crippen LogP contribution is -2.31. The maximum Gasteiger partial charge on any atom is 0.243 e. The highest BCUT2D eigenvalue weighted by atomic mass is 32.2. The number of hydrogen-bond donors (Lipinski definition) is 0. The van der Waals surface area contributed by atoms with Crippen LogP contribution in [0.4, 0.5) is 0 Å². The molecule has 0 radical (unpaired) electrons. The van der Waals surface area contributed by atoms with E-state index in [-0.39, 0.29) is 6.10 Å². The smallest absolute Gasteiger partial charge is 0.243 e. The molecule has 0 N–H and O–H groups in total. The Kier molecular flexibility index (Phi) is 4.32. The summed E-state index contributed by atoms with van der Waals surface area (Å²) in [6.07, 6.45) is 5.08. The first-order chi connectivity index (χ1) is 11.0. The van der Waals surface area contributed by atoms with E-state index in [1.807, 2.05) is 26.0 Å². The molecule has 0 bridgehead atoms. The molecule has 1 unspecified atom stereocenters. The Morgan fingerprint density at radius 2 is 2.09 bits per heavy atom. The van der Waals surface area contributed by atoms with Crippen molar-refractivity contribution in [3.8, 4) is 5.88 Å². The maximum absolute atomic E-state index is 12.8. The number of nitrogens with zero attached hydrogens (tertiary/aromatic N) is 3. The van der Waals surface area contributed by atoms with Gasteiger partial charge in [0.05, 0.1) is 17.6 Å². The Bertz CT molecular complexity index is 793. The molecule has 6 nitrogen and oxygen atoms in total. The van der Waals surface area contributed by atoms with E-state index in [2.05, 4.69) is 9.97 Å². The molecule has 1 fully saturated rings. The first kappa shape index (κ1) is 15.9. The van der Waals surface area contributed by atoms with Gasteiger partial charge in [-0.2, -0.15) is 4.31 Å². The molecule has 0 aliphatic carbocycles. The largest absolute Gasteiger partial charge is 0.472 e. The van der Waals surface area contributed by atoms with Crippen molar-refractivity contribution < 1.29 is 13.2 Å². The van der Waals surface area contributed by atoms with Crippen molar-refractivity contribution >= 4 is 10.0 Å². The minimum absolute atomic E-state index is 0.202. The topological polar surface area (TPSA) is 72.4 Å². The fourth-order valence-corrected chi connectivity index (χ4v) is 4.45. The van der Waals surface area contributed by atoms with Crippen LogP contribution in [0.1, 0.15) is 17.5 Å². The minimum atomic E-state index is -3.49. The van der Waals surface area contributed by atoms with Gasteiger partial charge in [-0.3, -0.25) is 4.98 Å². The number of ether oxygens (including phenoxy) is 1. The molecule has 2 heterocycles. The zero-order chi connectivity index (χ0) is 16.4. The lowest BCUT2D eigenvalue weighted by Gasteiger charge is -2.18. The Morgan fingerprint density at radius 1 is 1.26 bits per heavy atom. The van der Waals surface area contributed by atoms with Gasteiger partial charge < -0.3 is 4.74 Å². The van der Waals surface area contributed by atoms with E-state index in [0.29, 0.717) is 30.3 Å².